The maximum atomic E-state index is 12.3. The van der Waals surface area contributed by atoms with Crippen LogP contribution in [0.4, 0.5) is 4.79 Å². The van der Waals surface area contributed by atoms with Crippen LogP contribution in [0.15, 0.2) is 18.6 Å². The lowest BCUT2D eigenvalue weighted by Crippen LogP contribution is -2.46. The Hall–Kier alpha value is -2.51. The summed E-state index contributed by atoms with van der Waals surface area (Å²) < 4.78 is 0. The average molecular weight is 303 g/mol. The fourth-order valence-corrected chi connectivity index (χ4v) is 2.82. The Morgan fingerprint density at radius 2 is 2.23 bits per heavy atom. The van der Waals surface area contributed by atoms with Gasteiger partial charge in [-0.2, -0.15) is 0 Å². The van der Waals surface area contributed by atoms with Crippen LogP contribution in [0.5, 0.6) is 0 Å². The third-order valence-electron chi connectivity index (χ3n) is 4.01. The Morgan fingerprint density at radius 3 is 2.91 bits per heavy atom. The number of piperidine rings is 1. The van der Waals surface area contributed by atoms with Gasteiger partial charge in [0.05, 0.1) is 12.2 Å². The Bertz CT molecular complexity index is 575. The lowest BCUT2D eigenvalue weighted by molar-refractivity contribution is -0.137. The summed E-state index contributed by atoms with van der Waals surface area (Å²) in [6, 6.07) is -0.499. The molecule has 0 aromatic carbocycles. The molecule has 1 aromatic heterocycles. The van der Waals surface area contributed by atoms with Gasteiger partial charge in [0, 0.05) is 37.6 Å². The SMILES string of the molecule is O=C(CN1C(=O)CNC1=O)N1CCC[C@@H](c2cnccn2)C1. The van der Waals surface area contributed by atoms with Gasteiger partial charge in [-0.05, 0) is 12.8 Å². The second kappa shape index (κ2) is 6.08. The molecule has 0 spiro atoms. The van der Waals surface area contributed by atoms with Gasteiger partial charge in [0.15, 0.2) is 0 Å². The molecule has 0 aliphatic carbocycles. The molecule has 1 N–H and O–H groups in total. The first-order chi connectivity index (χ1) is 10.6. The van der Waals surface area contributed by atoms with Crippen molar-refractivity contribution in [2.75, 3.05) is 26.2 Å². The van der Waals surface area contributed by atoms with Crippen LogP contribution in [0.2, 0.25) is 0 Å². The van der Waals surface area contributed by atoms with Gasteiger partial charge in [0.2, 0.25) is 5.91 Å². The number of hydrogen-bond acceptors (Lipinski definition) is 5. The lowest BCUT2D eigenvalue weighted by atomic mass is 9.95. The van der Waals surface area contributed by atoms with E-state index in [1.807, 2.05) is 0 Å². The number of aromatic nitrogens is 2. The predicted molar refractivity (Wildman–Crippen MR) is 75.7 cm³/mol. The molecule has 2 aliphatic rings. The number of hydrogen-bond donors (Lipinski definition) is 1. The van der Waals surface area contributed by atoms with Crippen molar-refractivity contribution in [2.24, 2.45) is 0 Å². The van der Waals surface area contributed by atoms with E-state index in [1.165, 1.54) is 0 Å². The number of nitrogens with one attached hydrogen (secondary N) is 1. The maximum absolute atomic E-state index is 12.3. The smallest absolute Gasteiger partial charge is 0.325 e. The number of carbonyl (C=O) groups is 3. The van der Waals surface area contributed by atoms with Crippen LogP contribution in [0.1, 0.15) is 24.5 Å². The summed E-state index contributed by atoms with van der Waals surface area (Å²) >= 11 is 0. The van der Waals surface area contributed by atoms with Gasteiger partial charge in [0.25, 0.3) is 5.91 Å². The molecule has 4 amide bonds. The Labute approximate surface area is 127 Å². The van der Waals surface area contributed by atoms with Crippen LogP contribution in [0.3, 0.4) is 0 Å². The van der Waals surface area contributed by atoms with Crippen molar-refractivity contribution in [1.82, 2.24) is 25.1 Å². The molecule has 2 aliphatic heterocycles. The maximum Gasteiger partial charge on any atom is 0.325 e. The average Bonchev–Trinajstić information content (AvgIpc) is 2.88. The highest BCUT2D eigenvalue weighted by Crippen LogP contribution is 2.25. The number of amides is 4. The third-order valence-corrected chi connectivity index (χ3v) is 4.01. The highest BCUT2D eigenvalue weighted by atomic mass is 16.2. The number of rotatable bonds is 3. The van der Waals surface area contributed by atoms with Crippen molar-refractivity contribution in [2.45, 2.75) is 18.8 Å². The van der Waals surface area contributed by atoms with Crippen LogP contribution in [0.25, 0.3) is 0 Å². The molecule has 2 fully saturated rings. The zero-order chi connectivity index (χ0) is 15.5. The van der Waals surface area contributed by atoms with Gasteiger partial charge in [-0.15, -0.1) is 0 Å². The molecule has 0 saturated carbocycles. The first-order valence-electron chi connectivity index (χ1n) is 7.27. The van der Waals surface area contributed by atoms with Crippen LogP contribution in [0, 0.1) is 0 Å². The standard InChI is InChI=1S/C14H17N5O3/c20-12-7-17-14(22)19(12)9-13(21)18-5-1-2-10(8-18)11-6-15-3-4-16-11/h3-4,6,10H,1-2,5,7-9H2,(H,17,22)/t10-/m1/s1. The largest absolute Gasteiger partial charge is 0.340 e. The molecule has 0 radical (unpaired) electrons. The van der Waals surface area contributed by atoms with E-state index in [-0.39, 0.29) is 30.8 Å². The van der Waals surface area contributed by atoms with Crippen molar-refractivity contribution < 1.29 is 14.4 Å². The van der Waals surface area contributed by atoms with E-state index >= 15 is 0 Å². The van der Waals surface area contributed by atoms with Crippen LogP contribution < -0.4 is 5.32 Å². The normalized spacial score (nSPS) is 21.9. The van der Waals surface area contributed by atoms with Crippen LogP contribution >= 0.6 is 0 Å². The van der Waals surface area contributed by atoms with Crippen LogP contribution in [-0.2, 0) is 9.59 Å². The van der Waals surface area contributed by atoms with E-state index in [4.69, 9.17) is 0 Å². The second-order valence-corrected chi connectivity index (χ2v) is 5.45. The number of carbonyl (C=O) groups excluding carboxylic acids is 3. The number of nitrogens with zero attached hydrogens (tertiary/aromatic N) is 4. The minimum absolute atomic E-state index is 0.0334. The fourth-order valence-electron chi connectivity index (χ4n) is 2.82. The molecule has 0 bridgehead atoms. The summed E-state index contributed by atoms with van der Waals surface area (Å²) in [5.74, 6) is -0.422. The van der Waals surface area contributed by atoms with E-state index in [0.29, 0.717) is 13.1 Å². The van der Waals surface area contributed by atoms with Crippen LogP contribution in [-0.4, -0.2) is 63.8 Å². The molecule has 1 atom stereocenters. The Morgan fingerprint density at radius 1 is 1.36 bits per heavy atom. The zero-order valence-corrected chi connectivity index (χ0v) is 12.1. The highest BCUT2D eigenvalue weighted by Gasteiger charge is 2.33. The second-order valence-electron chi connectivity index (χ2n) is 5.45. The Kier molecular flexibility index (Phi) is 3.99. The molecule has 3 heterocycles. The molecule has 0 unspecified atom stereocenters. The lowest BCUT2D eigenvalue weighted by Gasteiger charge is -2.33. The molecule has 116 valence electrons. The number of urea groups is 1. The van der Waals surface area contributed by atoms with E-state index in [2.05, 4.69) is 15.3 Å². The summed E-state index contributed by atoms with van der Waals surface area (Å²) in [6.45, 7) is 0.951. The monoisotopic (exact) mass is 303 g/mol. The van der Waals surface area contributed by atoms with Crippen molar-refractivity contribution in [1.29, 1.82) is 0 Å². The summed E-state index contributed by atoms with van der Waals surface area (Å²) in [5, 5.41) is 2.41. The summed E-state index contributed by atoms with van der Waals surface area (Å²) in [7, 11) is 0. The molecular formula is C14H17N5O3. The van der Waals surface area contributed by atoms with Gasteiger partial charge >= 0.3 is 6.03 Å². The molecule has 3 rings (SSSR count). The van der Waals surface area contributed by atoms with Crippen molar-refractivity contribution in [3.63, 3.8) is 0 Å². The predicted octanol–water partition coefficient (Wildman–Crippen LogP) is -0.266. The topological polar surface area (TPSA) is 95.5 Å². The number of imide groups is 1. The van der Waals surface area contributed by atoms with Gasteiger partial charge < -0.3 is 10.2 Å². The Balaban J connectivity index is 1.63. The summed E-state index contributed by atoms with van der Waals surface area (Å²) in [5.41, 5.74) is 0.870. The van der Waals surface area contributed by atoms with E-state index in [0.717, 1.165) is 23.4 Å². The number of likely N-dealkylation sites (tertiary alicyclic amines) is 1. The molecule has 1 aromatic rings. The van der Waals surface area contributed by atoms with Gasteiger partial charge in [-0.25, -0.2) is 4.79 Å². The highest BCUT2D eigenvalue weighted by molar-refractivity contribution is 6.04. The first-order valence-corrected chi connectivity index (χ1v) is 7.27. The van der Waals surface area contributed by atoms with Crippen molar-refractivity contribution in [3.05, 3.63) is 24.3 Å². The van der Waals surface area contributed by atoms with E-state index < -0.39 is 6.03 Å². The molecular weight excluding hydrogens is 286 g/mol. The minimum Gasteiger partial charge on any atom is -0.340 e. The summed E-state index contributed by atoms with van der Waals surface area (Å²) in [6.07, 6.45) is 6.80. The van der Waals surface area contributed by atoms with Gasteiger partial charge in [-0.3, -0.25) is 24.5 Å². The van der Waals surface area contributed by atoms with Gasteiger partial charge in [-0.1, -0.05) is 0 Å². The van der Waals surface area contributed by atoms with E-state index in [9.17, 15) is 14.4 Å². The molecule has 22 heavy (non-hydrogen) atoms. The van der Waals surface area contributed by atoms with Crippen molar-refractivity contribution in [3.8, 4) is 0 Å². The zero-order valence-electron chi connectivity index (χ0n) is 12.1. The first kappa shape index (κ1) is 14.4. The quantitative estimate of drug-likeness (QED) is 0.776. The molecule has 8 heteroatoms. The third kappa shape index (κ3) is 2.90. The molecule has 2 saturated heterocycles. The fraction of sp³-hybridized carbons (Fsp3) is 0.500. The van der Waals surface area contributed by atoms with E-state index in [1.54, 1.807) is 23.5 Å². The van der Waals surface area contributed by atoms with Gasteiger partial charge in [0.1, 0.15) is 6.54 Å². The molecule has 8 nitrogen and oxygen atoms in total. The summed E-state index contributed by atoms with van der Waals surface area (Å²) in [4.78, 5) is 46.4. The van der Waals surface area contributed by atoms with Crippen molar-refractivity contribution >= 4 is 17.8 Å². The minimum atomic E-state index is -0.499.